The summed E-state index contributed by atoms with van der Waals surface area (Å²) in [5, 5.41) is 0. The molecule has 0 aromatic heterocycles. The lowest BCUT2D eigenvalue weighted by molar-refractivity contribution is 1.13. The molecule has 0 N–H and O–H groups in total. The van der Waals surface area contributed by atoms with Crippen LogP contribution in [0.15, 0.2) is 38.0 Å². The molecule has 0 aliphatic rings. The average molecular weight is 207 g/mol. The van der Waals surface area contributed by atoms with Gasteiger partial charge in [-0.25, -0.2) is 7.14 Å². The minimum Gasteiger partial charge on any atom is -0.306 e. The Morgan fingerprint density at radius 3 is 1.29 bits per heavy atom. The minimum atomic E-state index is -1.23. The maximum atomic E-state index is 6.42. The second kappa shape index (κ2) is 8.06. The van der Waals surface area contributed by atoms with Crippen molar-refractivity contribution < 1.29 is 0 Å². The summed E-state index contributed by atoms with van der Waals surface area (Å²) in [5.74, 6) is 0. The van der Waals surface area contributed by atoms with Gasteiger partial charge in [0.05, 0.1) is 0 Å². The maximum absolute atomic E-state index is 6.42. The molecule has 0 saturated carbocycles. The zero-order chi connectivity index (χ0) is 10.9. The van der Waals surface area contributed by atoms with Gasteiger partial charge in [-0.15, -0.1) is 19.7 Å². The van der Waals surface area contributed by atoms with E-state index >= 15 is 0 Å². The third kappa shape index (κ3) is 6.21. The Morgan fingerprint density at radius 1 is 0.786 bits per heavy atom. The summed E-state index contributed by atoms with van der Waals surface area (Å²) in [5.41, 5.74) is 0. The SMILES string of the molecule is [B-][P+](CCC=C)(CCC=C)CCC=C. The normalized spacial score (nSPS) is 10.9. The summed E-state index contributed by atoms with van der Waals surface area (Å²) in [6.45, 7) is 11.2. The maximum Gasteiger partial charge on any atom is 0.0152 e. The van der Waals surface area contributed by atoms with E-state index in [4.69, 9.17) is 7.57 Å². The predicted molar refractivity (Wildman–Crippen MR) is 71.7 cm³/mol. The first-order valence-electron chi connectivity index (χ1n) is 5.16. The minimum absolute atomic E-state index is 1.04. The molecule has 14 heavy (non-hydrogen) atoms. The molecule has 0 aromatic rings. The van der Waals surface area contributed by atoms with Crippen LogP contribution in [0.25, 0.3) is 0 Å². The molecule has 0 saturated heterocycles. The quantitative estimate of drug-likeness (QED) is 0.306. The first kappa shape index (κ1) is 13.7. The molecule has 0 nitrogen and oxygen atoms in total. The zero-order valence-corrected chi connectivity index (χ0v) is 10.0. The number of hydrogen-bond donors (Lipinski definition) is 0. The van der Waals surface area contributed by atoms with Gasteiger partial charge in [0, 0.05) is 18.5 Å². The molecule has 0 bridgehead atoms. The van der Waals surface area contributed by atoms with Crippen LogP contribution < -0.4 is 0 Å². The molecule has 0 aromatic carbocycles. The molecule has 0 heterocycles. The van der Waals surface area contributed by atoms with E-state index in [1.165, 1.54) is 0 Å². The van der Waals surface area contributed by atoms with Crippen molar-refractivity contribution in [2.45, 2.75) is 19.3 Å². The molecule has 0 fully saturated rings. The fraction of sp³-hybridized carbons (Fsp3) is 0.500. The van der Waals surface area contributed by atoms with Gasteiger partial charge < -0.3 is 7.57 Å². The zero-order valence-electron chi connectivity index (χ0n) is 9.12. The van der Waals surface area contributed by atoms with Gasteiger partial charge in [0.15, 0.2) is 0 Å². The van der Waals surface area contributed by atoms with Gasteiger partial charge in [0.25, 0.3) is 0 Å². The van der Waals surface area contributed by atoms with E-state index < -0.39 is 7.14 Å². The standard InChI is InChI=1S/C12H21BP/c1-4-7-10-14(13,11-8-5-2)12-9-6-3/h4-6H,1-3,7-12H2. The predicted octanol–water partition coefficient (Wildman–Crippen LogP) is 3.82. The van der Waals surface area contributed by atoms with Crippen LogP contribution in [0.5, 0.6) is 0 Å². The van der Waals surface area contributed by atoms with Crippen molar-refractivity contribution in [3.05, 3.63) is 38.0 Å². The van der Waals surface area contributed by atoms with E-state index in [1.54, 1.807) is 0 Å². The van der Waals surface area contributed by atoms with Crippen molar-refractivity contribution in [1.29, 1.82) is 0 Å². The molecular formula is C12H21BP. The largest absolute Gasteiger partial charge is 0.306 e. The highest BCUT2D eigenvalue weighted by Crippen LogP contribution is 2.55. The molecule has 0 atom stereocenters. The van der Waals surface area contributed by atoms with E-state index in [9.17, 15) is 0 Å². The molecule has 3 radical (unpaired) electrons. The molecule has 0 amide bonds. The molecule has 0 unspecified atom stereocenters. The average Bonchev–Trinajstić information content (AvgIpc) is 2.21. The molecule has 0 aliphatic carbocycles. The van der Waals surface area contributed by atoms with Crippen LogP contribution >= 0.6 is 7.14 Å². The molecular weight excluding hydrogens is 186 g/mol. The summed E-state index contributed by atoms with van der Waals surface area (Å²) in [4.78, 5) is 0. The highest BCUT2D eigenvalue weighted by atomic mass is 31.2. The smallest absolute Gasteiger partial charge is 0.0152 e. The van der Waals surface area contributed by atoms with E-state index in [0.717, 1.165) is 37.7 Å². The molecule has 0 aliphatic heterocycles. The monoisotopic (exact) mass is 207 g/mol. The van der Waals surface area contributed by atoms with Crippen LogP contribution in [0.3, 0.4) is 0 Å². The van der Waals surface area contributed by atoms with E-state index in [1.807, 2.05) is 18.2 Å². The van der Waals surface area contributed by atoms with Crippen LogP contribution in [0.1, 0.15) is 19.3 Å². The molecule has 0 rings (SSSR count). The van der Waals surface area contributed by atoms with Gasteiger partial charge in [-0.3, -0.25) is 0 Å². The van der Waals surface area contributed by atoms with Crippen molar-refractivity contribution in [2.75, 3.05) is 18.5 Å². The lowest BCUT2D eigenvalue weighted by Gasteiger charge is -2.36. The number of allylic oxidation sites excluding steroid dienone is 3. The van der Waals surface area contributed by atoms with Gasteiger partial charge in [-0.05, 0) is 19.3 Å². The molecule has 2 heteroatoms. The van der Waals surface area contributed by atoms with Crippen molar-refractivity contribution in [2.24, 2.45) is 0 Å². The second-order valence-corrected chi connectivity index (χ2v) is 7.40. The van der Waals surface area contributed by atoms with Crippen LogP contribution in [0.4, 0.5) is 0 Å². The highest BCUT2D eigenvalue weighted by molar-refractivity contribution is 7.97. The molecule has 0 spiro atoms. The van der Waals surface area contributed by atoms with Crippen molar-refractivity contribution in [3.63, 3.8) is 0 Å². The Balaban J connectivity index is 4.07. The first-order chi connectivity index (χ1) is 6.68. The first-order valence-corrected chi connectivity index (χ1v) is 7.57. The third-order valence-electron chi connectivity index (χ3n) is 2.34. The fourth-order valence-electron chi connectivity index (χ4n) is 1.38. The lowest BCUT2D eigenvalue weighted by atomic mass is 10.5. The molecule has 77 valence electrons. The topological polar surface area (TPSA) is 0 Å². The Bertz CT molecular complexity index is 155. The summed E-state index contributed by atoms with van der Waals surface area (Å²) in [6.07, 6.45) is 12.4. The van der Waals surface area contributed by atoms with Crippen molar-refractivity contribution >= 4 is 14.7 Å². The lowest BCUT2D eigenvalue weighted by Crippen LogP contribution is -2.07. The summed E-state index contributed by atoms with van der Waals surface area (Å²) in [6, 6.07) is 0. The van der Waals surface area contributed by atoms with E-state index in [2.05, 4.69) is 19.7 Å². The second-order valence-electron chi connectivity index (χ2n) is 3.62. The van der Waals surface area contributed by atoms with Crippen molar-refractivity contribution in [3.8, 4) is 0 Å². The van der Waals surface area contributed by atoms with Gasteiger partial charge in [0.2, 0.25) is 0 Å². The Morgan fingerprint density at radius 2 is 1.07 bits per heavy atom. The number of hydrogen-bond acceptors (Lipinski definition) is 0. The Hall–Kier alpha value is -0.285. The van der Waals surface area contributed by atoms with Crippen LogP contribution in [0, 0.1) is 0 Å². The highest BCUT2D eigenvalue weighted by Gasteiger charge is 2.15. The van der Waals surface area contributed by atoms with Gasteiger partial charge in [-0.1, -0.05) is 18.2 Å². The number of rotatable bonds is 9. The third-order valence-corrected chi connectivity index (χ3v) is 5.78. The fourth-order valence-corrected chi connectivity index (χ4v) is 4.14. The van der Waals surface area contributed by atoms with Crippen molar-refractivity contribution in [1.82, 2.24) is 0 Å². The van der Waals surface area contributed by atoms with Crippen LogP contribution in [0.2, 0.25) is 0 Å². The Kier molecular flexibility index (Phi) is 7.89. The van der Waals surface area contributed by atoms with Gasteiger partial charge in [-0.2, -0.15) is 0 Å². The summed E-state index contributed by atoms with van der Waals surface area (Å²) < 4.78 is 0. The van der Waals surface area contributed by atoms with Crippen LogP contribution in [-0.2, 0) is 0 Å². The van der Waals surface area contributed by atoms with Gasteiger partial charge in [0.1, 0.15) is 0 Å². The summed E-state index contributed by atoms with van der Waals surface area (Å²) in [7, 11) is 5.19. The summed E-state index contributed by atoms with van der Waals surface area (Å²) >= 11 is 0. The van der Waals surface area contributed by atoms with Crippen LogP contribution in [-0.4, -0.2) is 26.1 Å². The Labute approximate surface area is 90.9 Å². The van der Waals surface area contributed by atoms with Gasteiger partial charge >= 0.3 is 0 Å². The van der Waals surface area contributed by atoms with E-state index in [0.29, 0.717) is 0 Å². The van der Waals surface area contributed by atoms with E-state index in [-0.39, 0.29) is 0 Å².